The summed E-state index contributed by atoms with van der Waals surface area (Å²) in [7, 11) is 0. The number of halogens is 1. The molecule has 1 amide bonds. The van der Waals surface area contributed by atoms with Crippen LogP contribution in [0.25, 0.3) is 16.9 Å². The molecule has 8 heteroatoms. The highest BCUT2D eigenvalue weighted by Crippen LogP contribution is 2.26. The summed E-state index contributed by atoms with van der Waals surface area (Å²) in [4.78, 5) is 17.7. The van der Waals surface area contributed by atoms with Crippen molar-refractivity contribution in [2.24, 2.45) is 0 Å². The number of hydrogen-bond acceptors (Lipinski definition) is 5. The molecule has 0 spiro atoms. The maximum absolute atomic E-state index is 12.9. The molecule has 2 heterocycles. The largest absolute Gasteiger partial charge is 0.490 e. The zero-order valence-corrected chi connectivity index (χ0v) is 22.6. The number of fused-ring (bicyclic) bond motifs is 1. The molecule has 0 aliphatic rings. The summed E-state index contributed by atoms with van der Waals surface area (Å²) in [6, 6.07) is 18.8. The molecular weight excluding hydrogens is 532 g/mol. The lowest BCUT2D eigenvalue weighted by Gasteiger charge is -2.19. The van der Waals surface area contributed by atoms with Gasteiger partial charge in [0.15, 0.2) is 5.65 Å². The van der Waals surface area contributed by atoms with Gasteiger partial charge in [0.1, 0.15) is 11.8 Å². The zero-order chi connectivity index (χ0) is 26.5. The van der Waals surface area contributed by atoms with Crippen LogP contribution in [0.2, 0.25) is 0 Å². The van der Waals surface area contributed by atoms with Gasteiger partial charge in [0, 0.05) is 35.7 Å². The van der Waals surface area contributed by atoms with E-state index in [0.29, 0.717) is 29.7 Å². The second kappa shape index (κ2) is 11.6. The molecule has 190 valence electrons. The molecule has 1 unspecified atom stereocenters. The fourth-order valence-electron chi connectivity index (χ4n) is 4.17. The van der Waals surface area contributed by atoms with Gasteiger partial charge in [-0.2, -0.15) is 5.26 Å². The van der Waals surface area contributed by atoms with E-state index >= 15 is 0 Å². The van der Waals surface area contributed by atoms with Crippen LogP contribution in [0.4, 0.5) is 0 Å². The van der Waals surface area contributed by atoms with Crippen molar-refractivity contribution in [2.75, 3.05) is 6.61 Å². The van der Waals surface area contributed by atoms with Gasteiger partial charge in [-0.3, -0.25) is 4.79 Å². The maximum atomic E-state index is 12.9. The molecule has 4 rings (SSSR count). The van der Waals surface area contributed by atoms with Gasteiger partial charge in [0.05, 0.1) is 21.8 Å². The number of aliphatic hydroxyl groups is 1. The van der Waals surface area contributed by atoms with Crippen molar-refractivity contribution >= 4 is 27.5 Å². The summed E-state index contributed by atoms with van der Waals surface area (Å²) >= 11 is 3.57. The van der Waals surface area contributed by atoms with Gasteiger partial charge in [-0.05, 0) is 85.4 Å². The summed E-state index contributed by atoms with van der Waals surface area (Å²) in [5, 5.41) is 22.1. The molecule has 2 N–H and O–H groups in total. The normalized spacial score (nSPS) is 11.9. The summed E-state index contributed by atoms with van der Waals surface area (Å²) < 4.78 is 8.64. The van der Waals surface area contributed by atoms with E-state index in [1.807, 2.05) is 63.4 Å². The second-order valence-corrected chi connectivity index (χ2v) is 10.1. The third-order valence-corrected chi connectivity index (χ3v) is 6.66. The van der Waals surface area contributed by atoms with Crippen molar-refractivity contribution in [1.82, 2.24) is 14.7 Å². The standard InChI is InChI=1S/C29H29BrN4O3/c1-18(2)37-27-11-9-22(15-23(27)16-31)29(36)32-24(12-13-35)14-20-5-7-21(8-6-20)26-17-34-19(3)4-10-25(30)28(34)33-26/h4-11,15,17-18,24,35H,12-14H2,1-3H3,(H,32,36). The third kappa shape index (κ3) is 6.19. The Kier molecular flexibility index (Phi) is 8.27. The van der Waals surface area contributed by atoms with E-state index in [1.165, 1.54) is 6.07 Å². The highest BCUT2D eigenvalue weighted by Gasteiger charge is 2.17. The van der Waals surface area contributed by atoms with Crippen LogP contribution in [0, 0.1) is 18.3 Å². The van der Waals surface area contributed by atoms with Crippen LogP contribution in [0.5, 0.6) is 5.75 Å². The van der Waals surface area contributed by atoms with Gasteiger partial charge in [0.25, 0.3) is 5.91 Å². The van der Waals surface area contributed by atoms with Crippen molar-refractivity contribution in [1.29, 1.82) is 5.26 Å². The molecule has 0 saturated carbocycles. The van der Waals surface area contributed by atoms with Gasteiger partial charge >= 0.3 is 0 Å². The molecule has 0 bridgehead atoms. The van der Waals surface area contributed by atoms with E-state index in [-0.39, 0.29) is 24.7 Å². The van der Waals surface area contributed by atoms with Crippen molar-refractivity contribution in [3.05, 3.63) is 87.7 Å². The lowest BCUT2D eigenvalue weighted by atomic mass is 10.0. The first-order valence-electron chi connectivity index (χ1n) is 12.1. The predicted octanol–water partition coefficient (Wildman–Crippen LogP) is 5.45. The first-order valence-corrected chi connectivity index (χ1v) is 12.9. The van der Waals surface area contributed by atoms with Crippen LogP contribution in [0.15, 0.2) is 65.3 Å². The van der Waals surface area contributed by atoms with Gasteiger partial charge in [-0.25, -0.2) is 4.98 Å². The minimum Gasteiger partial charge on any atom is -0.490 e. The zero-order valence-electron chi connectivity index (χ0n) is 21.0. The van der Waals surface area contributed by atoms with E-state index < -0.39 is 0 Å². The van der Waals surface area contributed by atoms with Gasteiger partial charge < -0.3 is 19.6 Å². The van der Waals surface area contributed by atoms with E-state index in [9.17, 15) is 15.2 Å². The molecular formula is C29H29BrN4O3. The van der Waals surface area contributed by atoms with Crippen LogP contribution >= 0.6 is 15.9 Å². The number of aliphatic hydroxyl groups excluding tert-OH is 1. The molecule has 0 radical (unpaired) electrons. The lowest BCUT2D eigenvalue weighted by molar-refractivity contribution is 0.0930. The number of aromatic nitrogens is 2. The third-order valence-electron chi connectivity index (χ3n) is 6.04. The van der Waals surface area contributed by atoms with Gasteiger partial charge in [-0.15, -0.1) is 0 Å². The molecule has 0 aliphatic heterocycles. The van der Waals surface area contributed by atoms with E-state index in [1.54, 1.807) is 12.1 Å². The van der Waals surface area contributed by atoms with Gasteiger partial charge in [-0.1, -0.05) is 24.3 Å². The Morgan fingerprint density at radius 2 is 1.95 bits per heavy atom. The first kappa shape index (κ1) is 26.4. The molecule has 7 nitrogen and oxygen atoms in total. The number of amides is 1. The molecule has 37 heavy (non-hydrogen) atoms. The quantitative estimate of drug-likeness (QED) is 0.283. The number of imidazole rings is 1. The Hall–Kier alpha value is -3.67. The second-order valence-electron chi connectivity index (χ2n) is 9.22. The van der Waals surface area contributed by atoms with Crippen molar-refractivity contribution < 1.29 is 14.6 Å². The van der Waals surface area contributed by atoms with E-state index in [2.05, 4.69) is 31.7 Å². The van der Waals surface area contributed by atoms with Crippen LogP contribution in [-0.4, -0.2) is 39.2 Å². The van der Waals surface area contributed by atoms with E-state index in [4.69, 9.17) is 9.72 Å². The number of nitrogens with one attached hydrogen (secondary N) is 1. The Morgan fingerprint density at radius 3 is 2.59 bits per heavy atom. The fraction of sp³-hybridized carbons (Fsp3) is 0.276. The monoisotopic (exact) mass is 560 g/mol. The molecule has 4 aromatic rings. The Morgan fingerprint density at radius 1 is 1.19 bits per heavy atom. The predicted molar refractivity (Wildman–Crippen MR) is 147 cm³/mol. The van der Waals surface area contributed by atoms with Gasteiger partial charge in [0.2, 0.25) is 0 Å². The molecule has 2 aromatic heterocycles. The molecule has 0 aliphatic carbocycles. The Bertz CT molecular complexity index is 1420. The summed E-state index contributed by atoms with van der Waals surface area (Å²) in [5.74, 6) is 0.155. The minimum atomic E-state index is -0.298. The van der Waals surface area contributed by atoms with Crippen LogP contribution in [0.3, 0.4) is 0 Å². The number of rotatable bonds is 9. The SMILES string of the molecule is Cc1ccc(Br)c2nc(-c3ccc(CC(CCO)NC(=O)c4ccc(OC(C)C)c(C#N)c4)cc3)cn12. The Labute approximate surface area is 224 Å². The number of carbonyl (C=O) groups is 1. The number of carbonyl (C=O) groups excluding carboxylic acids is 1. The smallest absolute Gasteiger partial charge is 0.251 e. The summed E-state index contributed by atoms with van der Waals surface area (Å²) in [6.07, 6.45) is 2.91. The maximum Gasteiger partial charge on any atom is 0.251 e. The number of pyridine rings is 1. The number of hydrogen-bond donors (Lipinski definition) is 2. The molecule has 0 fully saturated rings. The number of benzene rings is 2. The highest BCUT2D eigenvalue weighted by molar-refractivity contribution is 9.10. The molecule has 1 atom stereocenters. The topological polar surface area (TPSA) is 99.7 Å². The molecule has 2 aromatic carbocycles. The number of nitrogens with zero attached hydrogens (tertiary/aromatic N) is 3. The lowest BCUT2D eigenvalue weighted by Crippen LogP contribution is -2.37. The number of nitriles is 1. The Balaban J connectivity index is 1.47. The van der Waals surface area contributed by atoms with E-state index in [0.717, 1.165) is 32.6 Å². The van der Waals surface area contributed by atoms with Crippen molar-refractivity contribution in [2.45, 2.75) is 45.8 Å². The summed E-state index contributed by atoms with van der Waals surface area (Å²) in [6.45, 7) is 5.75. The van der Waals surface area contributed by atoms with Crippen LogP contribution in [-0.2, 0) is 6.42 Å². The number of ether oxygens (including phenoxy) is 1. The molecule has 0 saturated heterocycles. The fourth-order valence-corrected chi connectivity index (χ4v) is 4.58. The number of aryl methyl sites for hydroxylation is 1. The minimum absolute atomic E-state index is 0.0525. The van der Waals surface area contributed by atoms with Crippen molar-refractivity contribution in [3.8, 4) is 23.1 Å². The van der Waals surface area contributed by atoms with Crippen LogP contribution < -0.4 is 10.1 Å². The summed E-state index contributed by atoms with van der Waals surface area (Å²) in [5.41, 5.74) is 5.55. The van der Waals surface area contributed by atoms with Crippen molar-refractivity contribution in [3.63, 3.8) is 0 Å². The van der Waals surface area contributed by atoms with Crippen LogP contribution in [0.1, 0.15) is 47.4 Å². The average molecular weight is 561 g/mol. The first-order chi connectivity index (χ1) is 17.8. The highest BCUT2D eigenvalue weighted by atomic mass is 79.9. The average Bonchev–Trinajstić information content (AvgIpc) is 3.34.